The molecule has 1 N–H and O–H groups in total. The molecule has 0 aliphatic carbocycles. The number of carbonyl (C=O) groups excluding carboxylic acids is 3. The lowest BCUT2D eigenvalue weighted by atomic mass is 10.0. The zero-order chi connectivity index (χ0) is 44.3. The van der Waals surface area contributed by atoms with Gasteiger partial charge in [0, 0.05) is 25.9 Å². The summed E-state index contributed by atoms with van der Waals surface area (Å²) in [5.41, 5.74) is 0. The van der Waals surface area contributed by atoms with Crippen LogP contribution in [0.1, 0.15) is 297 Å². The average Bonchev–Trinajstić information content (AvgIpc) is 3.24. The Labute approximate surface area is 373 Å². The Morgan fingerprint density at radius 2 is 0.500 bits per heavy atom. The molecule has 0 unspecified atom stereocenters. The summed E-state index contributed by atoms with van der Waals surface area (Å²) in [6, 6.07) is 0. The monoisotopic (exact) mass is 853 g/mol. The molecule has 0 aromatic carbocycles. The molecular weight excluding hydrogens is 749 g/mol. The molecule has 0 aromatic heterocycles. The van der Waals surface area contributed by atoms with E-state index in [1.165, 1.54) is 193 Å². The van der Waals surface area contributed by atoms with E-state index in [-0.39, 0.29) is 37.7 Å². The van der Waals surface area contributed by atoms with E-state index in [4.69, 9.17) is 19.3 Å². The topological polar surface area (TPSA) is 99.1 Å². The predicted octanol–water partition coefficient (Wildman–Crippen LogP) is 16.4. The Morgan fingerprint density at radius 3 is 0.717 bits per heavy atom. The van der Waals surface area contributed by atoms with Crippen LogP contribution in [-0.2, 0) is 28.6 Å². The number of aliphatic hydroxyl groups excluding tert-OH is 1. The minimum Gasteiger partial charge on any atom is -0.462 e. The van der Waals surface area contributed by atoms with E-state index in [0.29, 0.717) is 19.3 Å². The van der Waals surface area contributed by atoms with Crippen molar-refractivity contribution in [1.29, 1.82) is 0 Å². The zero-order valence-corrected chi connectivity index (χ0v) is 40.8. The lowest BCUT2D eigenvalue weighted by Gasteiger charge is -2.18. The van der Waals surface area contributed by atoms with Crippen molar-refractivity contribution in [2.75, 3.05) is 19.8 Å². The Hall–Kier alpha value is -1.63. The van der Waals surface area contributed by atoms with Gasteiger partial charge in [0.05, 0.1) is 0 Å². The van der Waals surface area contributed by atoms with Gasteiger partial charge >= 0.3 is 17.9 Å². The summed E-state index contributed by atoms with van der Waals surface area (Å²) < 4.78 is 16.8. The third-order valence-electron chi connectivity index (χ3n) is 11.6. The van der Waals surface area contributed by atoms with E-state index in [1.807, 2.05) is 0 Å². The van der Waals surface area contributed by atoms with Crippen molar-refractivity contribution in [2.45, 2.75) is 303 Å². The number of aliphatic hydroxyl groups is 1. The number of hydrogen-bond acceptors (Lipinski definition) is 7. The van der Waals surface area contributed by atoms with Crippen LogP contribution in [0.5, 0.6) is 0 Å². The van der Waals surface area contributed by atoms with E-state index in [0.717, 1.165) is 57.8 Å². The van der Waals surface area contributed by atoms with Crippen LogP contribution in [-0.4, -0.2) is 48.9 Å². The number of hydrogen-bond donors (Lipinski definition) is 1. The van der Waals surface area contributed by atoms with E-state index in [1.54, 1.807) is 6.92 Å². The number of esters is 3. The Balaban J connectivity index is 0. The van der Waals surface area contributed by atoms with E-state index in [9.17, 15) is 14.4 Å². The van der Waals surface area contributed by atoms with Crippen molar-refractivity contribution >= 4 is 17.9 Å². The predicted molar refractivity (Wildman–Crippen MR) is 255 cm³/mol. The van der Waals surface area contributed by atoms with Gasteiger partial charge in [0.15, 0.2) is 6.10 Å². The first-order valence-corrected chi connectivity index (χ1v) is 26.6. The first kappa shape index (κ1) is 60.5. The summed E-state index contributed by atoms with van der Waals surface area (Å²) in [6.45, 7) is 8.60. The molecule has 7 heteroatoms. The second kappa shape index (κ2) is 53.5. The van der Waals surface area contributed by atoms with Crippen LogP contribution in [0.25, 0.3) is 0 Å². The molecule has 7 nitrogen and oxygen atoms in total. The standard InChI is InChI=1S/C51H98O6.C2H6O/c1-4-7-10-13-16-19-22-25-28-31-34-37-40-43-49(52)55-46-48(57-51(54)45-42-39-36-33-30-27-24-21-18-15-12-9-6-3)47-56-50(53)44-41-38-35-32-29-26-23-20-17-14-11-8-5-2;1-2-3/h48H,4-47H2,1-3H3;3H,2H2,1H3. The summed E-state index contributed by atoms with van der Waals surface area (Å²) in [5, 5.41) is 7.57. The number of carbonyl (C=O) groups is 3. The van der Waals surface area contributed by atoms with Crippen LogP contribution in [0.4, 0.5) is 0 Å². The molecule has 0 amide bonds. The summed E-state index contributed by atoms with van der Waals surface area (Å²) in [7, 11) is 0. The second-order valence-electron chi connectivity index (χ2n) is 17.8. The Bertz CT molecular complexity index is 816. The highest BCUT2D eigenvalue weighted by molar-refractivity contribution is 5.71. The molecule has 0 saturated heterocycles. The van der Waals surface area contributed by atoms with Gasteiger partial charge in [-0.1, -0.05) is 252 Å². The summed E-state index contributed by atoms with van der Waals surface area (Å²) >= 11 is 0. The van der Waals surface area contributed by atoms with Crippen molar-refractivity contribution in [3.63, 3.8) is 0 Å². The van der Waals surface area contributed by atoms with Crippen LogP contribution < -0.4 is 0 Å². The van der Waals surface area contributed by atoms with Crippen molar-refractivity contribution in [3.8, 4) is 0 Å². The number of unbranched alkanes of at least 4 members (excludes halogenated alkanes) is 36. The van der Waals surface area contributed by atoms with Gasteiger partial charge in [-0.3, -0.25) is 14.4 Å². The van der Waals surface area contributed by atoms with Crippen LogP contribution in [0.3, 0.4) is 0 Å². The van der Waals surface area contributed by atoms with Crippen LogP contribution >= 0.6 is 0 Å². The van der Waals surface area contributed by atoms with Crippen molar-refractivity contribution in [3.05, 3.63) is 0 Å². The van der Waals surface area contributed by atoms with Gasteiger partial charge in [-0.25, -0.2) is 0 Å². The fraction of sp³-hybridized carbons (Fsp3) is 0.943. The molecule has 0 radical (unpaired) electrons. The maximum atomic E-state index is 12.8. The van der Waals surface area contributed by atoms with Crippen LogP contribution in [0.2, 0.25) is 0 Å². The molecule has 0 aromatic rings. The highest BCUT2D eigenvalue weighted by atomic mass is 16.6. The normalized spacial score (nSPS) is 11.1. The van der Waals surface area contributed by atoms with E-state index >= 15 is 0 Å². The van der Waals surface area contributed by atoms with E-state index < -0.39 is 6.10 Å². The molecule has 0 aliphatic rings. The average molecular weight is 853 g/mol. The first-order chi connectivity index (χ1) is 29.4. The Kier molecular flexibility index (Phi) is 53.9. The molecular formula is C53H104O7. The molecule has 358 valence electrons. The van der Waals surface area contributed by atoms with Crippen molar-refractivity contribution in [1.82, 2.24) is 0 Å². The highest BCUT2D eigenvalue weighted by Gasteiger charge is 2.19. The molecule has 0 atom stereocenters. The maximum absolute atomic E-state index is 12.8. The quantitative estimate of drug-likeness (QED) is 0.0370. The van der Waals surface area contributed by atoms with Gasteiger partial charge in [-0.15, -0.1) is 0 Å². The van der Waals surface area contributed by atoms with Gasteiger partial charge in [-0.2, -0.15) is 0 Å². The molecule has 0 heterocycles. The van der Waals surface area contributed by atoms with Gasteiger partial charge < -0.3 is 19.3 Å². The Morgan fingerprint density at radius 1 is 0.317 bits per heavy atom. The first-order valence-electron chi connectivity index (χ1n) is 26.6. The summed E-state index contributed by atoms with van der Waals surface area (Å²) in [4.78, 5) is 37.9. The van der Waals surface area contributed by atoms with Gasteiger partial charge in [0.2, 0.25) is 0 Å². The lowest BCUT2D eigenvalue weighted by Crippen LogP contribution is -2.30. The highest BCUT2D eigenvalue weighted by Crippen LogP contribution is 2.17. The van der Waals surface area contributed by atoms with E-state index in [2.05, 4.69) is 20.8 Å². The molecule has 0 bridgehead atoms. The SMILES string of the molecule is CCCCCCCCCCCCCCCC(=O)OCC(COC(=O)CCCCCCCCCCCCCCC)OC(=O)CCCCCCCCCCCCCCC.CCO. The fourth-order valence-corrected chi connectivity index (χ4v) is 7.74. The second-order valence-corrected chi connectivity index (χ2v) is 17.8. The van der Waals surface area contributed by atoms with Crippen LogP contribution in [0.15, 0.2) is 0 Å². The minimum atomic E-state index is -0.759. The molecule has 0 fully saturated rings. The number of ether oxygens (including phenoxy) is 3. The van der Waals surface area contributed by atoms with Crippen LogP contribution in [0, 0.1) is 0 Å². The van der Waals surface area contributed by atoms with Gasteiger partial charge in [0.25, 0.3) is 0 Å². The maximum Gasteiger partial charge on any atom is 0.306 e. The third-order valence-corrected chi connectivity index (χ3v) is 11.6. The molecule has 0 spiro atoms. The smallest absolute Gasteiger partial charge is 0.306 e. The lowest BCUT2D eigenvalue weighted by molar-refractivity contribution is -0.167. The minimum absolute atomic E-state index is 0.0619. The molecule has 60 heavy (non-hydrogen) atoms. The largest absolute Gasteiger partial charge is 0.462 e. The summed E-state index contributed by atoms with van der Waals surface area (Å²) in [6.07, 6.45) is 49.3. The fourth-order valence-electron chi connectivity index (χ4n) is 7.74. The van der Waals surface area contributed by atoms with Crippen molar-refractivity contribution in [2.24, 2.45) is 0 Å². The zero-order valence-electron chi connectivity index (χ0n) is 40.8. The molecule has 0 aliphatic heterocycles. The van der Waals surface area contributed by atoms with Crippen molar-refractivity contribution < 1.29 is 33.7 Å². The summed E-state index contributed by atoms with van der Waals surface area (Å²) in [5.74, 6) is -0.842. The molecule has 0 rings (SSSR count). The van der Waals surface area contributed by atoms with Gasteiger partial charge in [0.1, 0.15) is 13.2 Å². The number of rotatable bonds is 47. The van der Waals surface area contributed by atoms with Gasteiger partial charge in [-0.05, 0) is 26.2 Å². The third kappa shape index (κ3) is 52.5. The molecule has 0 saturated carbocycles.